The maximum atomic E-state index is 8.33. The molecule has 0 unspecified atom stereocenters. The molecule has 0 amide bonds. The van der Waals surface area contributed by atoms with Crippen LogP contribution >= 0.6 is 0 Å². The SMILES string of the molecule is O=C([O-])[O-].O=C([O-])[O-].O=C([O-])[O-].[Fe+2].[Ni+2].[Zn+2]. The molecule has 0 radical (unpaired) electrons. The number of hydrogen-bond acceptors (Lipinski definition) is 9. The molecule has 15 heavy (non-hydrogen) atoms. The Balaban J connectivity index is -0.0000000184. The quantitative estimate of drug-likeness (QED) is 0.378. The van der Waals surface area contributed by atoms with E-state index in [1.165, 1.54) is 0 Å². The van der Waals surface area contributed by atoms with E-state index in [4.69, 9.17) is 45.0 Å². The van der Waals surface area contributed by atoms with Gasteiger partial charge in [-0.1, -0.05) is 0 Å². The maximum absolute atomic E-state index is 8.33. The first-order valence-electron chi connectivity index (χ1n) is 1.84. The van der Waals surface area contributed by atoms with Gasteiger partial charge in [-0.05, 0) is 18.5 Å². The van der Waals surface area contributed by atoms with E-state index in [1.807, 2.05) is 0 Å². The predicted octanol–water partition coefficient (Wildman–Crippen LogP) is -7.35. The zero-order valence-corrected chi connectivity index (χ0v) is 11.6. The van der Waals surface area contributed by atoms with Crippen molar-refractivity contribution in [1.82, 2.24) is 0 Å². The first-order valence-corrected chi connectivity index (χ1v) is 1.84. The molecule has 0 atom stereocenters. The van der Waals surface area contributed by atoms with Gasteiger partial charge in [-0.15, -0.1) is 0 Å². The fourth-order valence-electron chi connectivity index (χ4n) is 0. The van der Waals surface area contributed by atoms with Gasteiger partial charge in [-0.3, -0.25) is 0 Å². The first kappa shape index (κ1) is 36.6. The summed E-state index contributed by atoms with van der Waals surface area (Å²) in [5.41, 5.74) is 0. The number of hydrogen-bond donors (Lipinski definition) is 0. The van der Waals surface area contributed by atoms with Gasteiger partial charge >= 0.3 is 53.0 Å². The van der Waals surface area contributed by atoms with Crippen LogP contribution in [0.4, 0.5) is 14.4 Å². The predicted molar refractivity (Wildman–Crippen MR) is 16.2 cm³/mol. The van der Waals surface area contributed by atoms with Crippen LogP contribution in [0.5, 0.6) is 0 Å². The van der Waals surface area contributed by atoms with Gasteiger partial charge in [-0.25, -0.2) is 0 Å². The van der Waals surface area contributed by atoms with Crippen molar-refractivity contribution in [1.29, 1.82) is 0 Å². The molecule has 12 heteroatoms. The summed E-state index contributed by atoms with van der Waals surface area (Å²) in [6, 6.07) is 0. The van der Waals surface area contributed by atoms with Gasteiger partial charge in [-0.2, -0.15) is 0 Å². The number of carboxylic acid groups (broad SMARTS) is 6. The minimum absolute atomic E-state index is 0. The van der Waals surface area contributed by atoms with Crippen LogP contribution in [0.2, 0.25) is 0 Å². The molecule has 0 saturated carbocycles. The summed E-state index contributed by atoms with van der Waals surface area (Å²) in [6.45, 7) is 0. The molecule has 0 spiro atoms. The van der Waals surface area contributed by atoms with E-state index in [9.17, 15) is 0 Å². The Bertz CT molecular complexity index is 123. The van der Waals surface area contributed by atoms with Gasteiger partial charge in [0.05, 0.1) is 0 Å². The molecule has 0 aromatic heterocycles. The van der Waals surface area contributed by atoms with E-state index in [-0.39, 0.29) is 53.0 Å². The van der Waals surface area contributed by atoms with Crippen molar-refractivity contribution >= 4 is 18.5 Å². The molecule has 0 aromatic carbocycles. The molecule has 0 bridgehead atoms. The largest absolute Gasteiger partial charge is 2.00 e. The van der Waals surface area contributed by atoms with Crippen LogP contribution in [0.1, 0.15) is 0 Å². The molecule has 0 aliphatic heterocycles. The van der Waals surface area contributed by atoms with E-state index in [2.05, 4.69) is 0 Å². The maximum Gasteiger partial charge on any atom is 2.00 e. The van der Waals surface area contributed by atoms with Gasteiger partial charge < -0.3 is 45.0 Å². The summed E-state index contributed by atoms with van der Waals surface area (Å²) in [7, 11) is 0. The Morgan fingerprint density at radius 1 is 0.600 bits per heavy atom. The fraction of sp³-hybridized carbons (Fsp3) is 0. The summed E-state index contributed by atoms with van der Waals surface area (Å²) in [6.07, 6.45) is -7.00. The van der Waals surface area contributed by atoms with Crippen molar-refractivity contribution in [2.75, 3.05) is 0 Å². The molecule has 86 valence electrons. The van der Waals surface area contributed by atoms with Crippen LogP contribution < -0.4 is 30.6 Å². The Labute approximate surface area is 116 Å². The molecule has 0 aliphatic carbocycles. The Hall–Kier alpha value is -0.554. The van der Waals surface area contributed by atoms with E-state index in [0.717, 1.165) is 0 Å². The van der Waals surface area contributed by atoms with Gasteiger partial charge in [0.2, 0.25) is 0 Å². The first-order chi connectivity index (χ1) is 5.20. The summed E-state index contributed by atoms with van der Waals surface area (Å²) >= 11 is 0. The fourth-order valence-corrected chi connectivity index (χ4v) is 0. The zero-order valence-electron chi connectivity index (χ0n) is 6.55. The molecule has 0 N–H and O–H groups in total. The second-order valence-electron chi connectivity index (χ2n) is 0.750. The van der Waals surface area contributed by atoms with Crippen molar-refractivity contribution < 1.29 is 98.1 Å². The average molecular weight is 360 g/mol. The van der Waals surface area contributed by atoms with Gasteiger partial charge in [0.1, 0.15) is 0 Å². The topological polar surface area (TPSA) is 190 Å². The van der Waals surface area contributed by atoms with Crippen molar-refractivity contribution in [3.8, 4) is 0 Å². The van der Waals surface area contributed by atoms with Gasteiger partial charge in [0, 0.05) is 0 Å². The second kappa shape index (κ2) is 29.2. The molecule has 0 aliphatic rings. The number of carbonyl (C=O) groups is 3. The summed E-state index contributed by atoms with van der Waals surface area (Å²) in [4.78, 5) is 25.0. The Kier molecular flexibility index (Phi) is 71.3. The minimum Gasteiger partial charge on any atom is -0.652 e. The summed E-state index contributed by atoms with van der Waals surface area (Å²) in [5, 5.41) is 50.0. The monoisotopic (exact) mass is 358 g/mol. The molecule has 9 nitrogen and oxygen atoms in total. The van der Waals surface area contributed by atoms with Crippen molar-refractivity contribution in [2.45, 2.75) is 0 Å². The average Bonchev–Trinajstić information content (AvgIpc) is 1.54. The van der Waals surface area contributed by atoms with E-state index >= 15 is 0 Å². The van der Waals surface area contributed by atoms with E-state index in [1.54, 1.807) is 0 Å². The van der Waals surface area contributed by atoms with Crippen LogP contribution in [0, 0.1) is 0 Å². The Morgan fingerprint density at radius 3 is 0.600 bits per heavy atom. The molecule has 0 saturated heterocycles. The third-order valence-electron chi connectivity index (χ3n) is 0. The van der Waals surface area contributed by atoms with Gasteiger partial charge in [0.25, 0.3) is 0 Å². The third kappa shape index (κ3) is 5750. The van der Waals surface area contributed by atoms with E-state index < -0.39 is 18.5 Å². The minimum atomic E-state index is -2.33. The molecule has 0 heterocycles. The summed E-state index contributed by atoms with van der Waals surface area (Å²) < 4.78 is 0. The zero-order chi connectivity index (χ0) is 10.7. The van der Waals surface area contributed by atoms with E-state index in [0.29, 0.717) is 0 Å². The van der Waals surface area contributed by atoms with Gasteiger partial charge in [0.15, 0.2) is 0 Å². The normalized spacial score (nSPS) is 4.80. The third-order valence-corrected chi connectivity index (χ3v) is 0. The van der Waals surface area contributed by atoms with Crippen LogP contribution in [0.25, 0.3) is 0 Å². The van der Waals surface area contributed by atoms with Crippen molar-refractivity contribution in [2.24, 2.45) is 0 Å². The van der Waals surface area contributed by atoms with Crippen LogP contribution in [0.3, 0.4) is 0 Å². The molecule has 0 aromatic rings. The smallest absolute Gasteiger partial charge is 0.652 e. The second-order valence-corrected chi connectivity index (χ2v) is 0.750. The number of rotatable bonds is 0. The molecule has 0 rings (SSSR count). The van der Waals surface area contributed by atoms with Crippen molar-refractivity contribution in [3.05, 3.63) is 0 Å². The molecular weight excluding hydrogens is 360 g/mol. The van der Waals surface area contributed by atoms with Crippen LogP contribution in [-0.4, -0.2) is 18.5 Å². The van der Waals surface area contributed by atoms with Crippen LogP contribution in [0.15, 0.2) is 0 Å². The summed E-state index contributed by atoms with van der Waals surface area (Å²) in [5.74, 6) is 0. The standard InChI is InChI=1S/3CH2O3.Fe.Ni.Zn/c3*2-1(3)4;;;/h3*(H2,2,3,4);;;/q;;;3*+2/p-6. The van der Waals surface area contributed by atoms with Crippen LogP contribution in [-0.2, 0) is 53.0 Å². The molecule has 0 fully saturated rings. The number of carbonyl (C=O) groups excluding carboxylic acids is 3. The molecular formula is C3FeNiO9Zn. The van der Waals surface area contributed by atoms with Crippen molar-refractivity contribution in [3.63, 3.8) is 0 Å². The Morgan fingerprint density at radius 2 is 0.600 bits per heavy atom.